The third-order valence-corrected chi connectivity index (χ3v) is 2.29. The van der Waals surface area contributed by atoms with Crippen LogP contribution >= 0.6 is 0 Å². The number of primary amides is 1. The summed E-state index contributed by atoms with van der Waals surface area (Å²) in [4.78, 5) is 18.1. The number of amides is 1. The van der Waals surface area contributed by atoms with Crippen molar-refractivity contribution in [3.05, 3.63) is 18.2 Å². The number of H-pyrrole nitrogens is 1. The van der Waals surface area contributed by atoms with E-state index >= 15 is 0 Å². The zero-order chi connectivity index (χ0) is 11.7. The van der Waals surface area contributed by atoms with Crippen molar-refractivity contribution in [3.8, 4) is 0 Å². The Morgan fingerprint density at radius 1 is 1.56 bits per heavy atom. The van der Waals surface area contributed by atoms with E-state index in [0.717, 1.165) is 11.0 Å². The molecule has 1 amide bonds. The Hall–Kier alpha value is -2.24. The summed E-state index contributed by atoms with van der Waals surface area (Å²) in [5.41, 5.74) is 13.0. The van der Waals surface area contributed by atoms with Crippen molar-refractivity contribution < 1.29 is 4.79 Å². The lowest BCUT2D eigenvalue weighted by Crippen LogP contribution is -2.32. The molecule has 6 nitrogen and oxygen atoms in total. The van der Waals surface area contributed by atoms with E-state index in [2.05, 4.69) is 15.3 Å². The lowest BCUT2D eigenvalue weighted by atomic mass is 10.3. The second-order valence-electron chi connectivity index (χ2n) is 3.63. The Morgan fingerprint density at radius 3 is 3.00 bits per heavy atom. The van der Waals surface area contributed by atoms with Crippen LogP contribution < -0.4 is 16.8 Å². The van der Waals surface area contributed by atoms with Gasteiger partial charge in [-0.15, -0.1) is 0 Å². The molecule has 1 heterocycles. The van der Waals surface area contributed by atoms with Crippen LogP contribution in [0.15, 0.2) is 18.2 Å². The van der Waals surface area contributed by atoms with Crippen LogP contribution in [0.4, 0.5) is 11.6 Å². The Kier molecular flexibility index (Phi) is 2.40. The highest BCUT2D eigenvalue weighted by Gasteiger charge is 2.10. The van der Waals surface area contributed by atoms with E-state index in [1.54, 1.807) is 25.1 Å². The van der Waals surface area contributed by atoms with Gasteiger partial charge in [0.1, 0.15) is 6.04 Å². The molecule has 2 rings (SSSR count). The minimum absolute atomic E-state index is 0.431. The van der Waals surface area contributed by atoms with Crippen LogP contribution in [0.3, 0.4) is 0 Å². The van der Waals surface area contributed by atoms with E-state index in [0.29, 0.717) is 11.6 Å². The summed E-state index contributed by atoms with van der Waals surface area (Å²) < 4.78 is 0. The molecule has 0 saturated heterocycles. The van der Waals surface area contributed by atoms with Gasteiger partial charge in [-0.05, 0) is 25.1 Å². The van der Waals surface area contributed by atoms with Crippen LogP contribution in [0, 0.1) is 0 Å². The van der Waals surface area contributed by atoms with Gasteiger partial charge < -0.3 is 21.8 Å². The van der Waals surface area contributed by atoms with E-state index in [1.807, 2.05) is 0 Å². The van der Waals surface area contributed by atoms with Crippen molar-refractivity contribution in [3.63, 3.8) is 0 Å². The minimum Gasteiger partial charge on any atom is -0.399 e. The van der Waals surface area contributed by atoms with Gasteiger partial charge >= 0.3 is 0 Å². The summed E-state index contributed by atoms with van der Waals surface area (Å²) in [7, 11) is 0. The molecule has 1 atom stereocenters. The first-order chi connectivity index (χ1) is 7.56. The van der Waals surface area contributed by atoms with Gasteiger partial charge in [0.15, 0.2) is 0 Å². The number of hydrogen-bond acceptors (Lipinski definition) is 4. The summed E-state index contributed by atoms with van der Waals surface area (Å²) in [6, 6.07) is 4.88. The molecule has 0 aliphatic rings. The number of imidazole rings is 1. The third-order valence-electron chi connectivity index (χ3n) is 2.29. The summed E-state index contributed by atoms with van der Waals surface area (Å²) in [5.74, 6) is 0.0758. The molecular weight excluding hydrogens is 206 g/mol. The predicted molar refractivity (Wildman–Crippen MR) is 62.8 cm³/mol. The first-order valence-electron chi connectivity index (χ1n) is 4.87. The van der Waals surface area contributed by atoms with Crippen molar-refractivity contribution in [1.82, 2.24) is 9.97 Å². The van der Waals surface area contributed by atoms with Gasteiger partial charge in [-0.1, -0.05) is 0 Å². The summed E-state index contributed by atoms with van der Waals surface area (Å²) >= 11 is 0. The first-order valence-corrected chi connectivity index (χ1v) is 4.87. The first kappa shape index (κ1) is 10.3. The molecule has 84 valence electrons. The van der Waals surface area contributed by atoms with Gasteiger partial charge in [-0.25, -0.2) is 4.98 Å². The number of fused-ring (bicyclic) bond motifs is 1. The third kappa shape index (κ3) is 1.90. The van der Waals surface area contributed by atoms with E-state index in [4.69, 9.17) is 11.5 Å². The molecule has 1 unspecified atom stereocenters. The number of rotatable bonds is 3. The lowest BCUT2D eigenvalue weighted by Gasteiger charge is -2.07. The van der Waals surface area contributed by atoms with Crippen molar-refractivity contribution in [2.24, 2.45) is 5.73 Å². The number of hydrogen-bond donors (Lipinski definition) is 4. The van der Waals surface area contributed by atoms with Crippen molar-refractivity contribution in [1.29, 1.82) is 0 Å². The molecule has 6 heteroatoms. The number of nitrogen functional groups attached to an aromatic ring is 1. The molecule has 1 aromatic heterocycles. The number of nitrogens with one attached hydrogen (secondary N) is 2. The summed E-state index contributed by atoms with van der Waals surface area (Å²) in [6.07, 6.45) is 0. The highest BCUT2D eigenvalue weighted by molar-refractivity contribution is 5.84. The van der Waals surface area contributed by atoms with E-state index < -0.39 is 11.9 Å². The number of nitrogens with zero attached hydrogens (tertiary/aromatic N) is 1. The molecule has 2 aromatic rings. The molecule has 0 spiro atoms. The quantitative estimate of drug-likeness (QED) is 0.561. The second kappa shape index (κ2) is 3.73. The Balaban J connectivity index is 2.29. The predicted octanol–water partition coefficient (Wildman–Crippen LogP) is 0.431. The number of aromatic amines is 1. The largest absolute Gasteiger partial charge is 0.399 e. The highest BCUT2D eigenvalue weighted by Crippen LogP contribution is 2.17. The van der Waals surface area contributed by atoms with Crippen molar-refractivity contribution in [2.75, 3.05) is 11.1 Å². The molecule has 16 heavy (non-hydrogen) atoms. The minimum atomic E-state index is -0.474. The maximum absolute atomic E-state index is 10.9. The Bertz CT molecular complexity index is 533. The van der Waals surface area contributed by atoms with E-state index in [-0.39, 0.29) is 0 Å². The number of carbonyl (C=O) groups is 1. The van der Waals surface area contributed by atoms with Crippen molar-refractivity contribution in [2.45, 2.75) is 13.0 Å². The Labute approximate surface area is 92.0 Å². The van der Waals surface area contributed by atoms with Gasteiger partial charge in [0.25, 0.3) is 0 Å². The number of nitrogens with two attached hydrogens (primary N) is 2. The number of carbonyl (C=O) groups excluding carboxylic acids is 1. The monoisotopic (exact) mass is 219 g/mol. The second-order valence-corrected chi connectivity index (χ2v) is 3.63. The number of anilines is 2. The molecule has 0 bridgehead atoms. The fourth-order valence-electron chi connectivity index (χ4n) is 1.37. The summed E-state index contributed by atoms with van der Waals surface area (Å²) in [5, 5.41) is 2.87. The summed E-state index contributed by atoms with van der Waals surface area (Å²) in [6.45, 7) is 1.67. The van der Waals surface area contributed by atoms with Gasteiger partial charge in [0.05, 0.1) is 11.0 Å². The molecule has 1 aromatic carbocycles. The molecular formula is C10H13N5O. The average molecular weight is 219 g/mol. The van der Waals surface area contributed by atoms with Crippen LogP contribution in [0.1, 0.15) is 6.92 Å². The normalized spacial score (nSPS) is 12.6. The van der Waals surface area contributed by atoms with Crippen LogP contribution in [0.2, 0.25) is 0 Å². The average Bonchev–Trinajstić information content (AvgIpc) is 2.58. The highest BCUT2D eigenvalue weighted by atomic mass is 16.1. The zero-order valence-corrected chi connectivity index (χ0v) is 8.82. The standard InChI is InChI=1S/C10H13N5O/c1-5(9(12)16)13-10-14-7-3-2-6(11)4-8(7)15-10/h2-5H,11H2,1H3,(H2,12,16)(H2,13,14,15). The maximum atomic E-state index is 10.9. The fraction of sp³-hybridized carbons (Fsp3) is 0.200. The van der Waals surface area contributed by atoms with Crippen LogP contribution in [-0.4, -0.2) is 21.9 Å². The van der Waals surface area contributed by atoms with Gasteiger partial charge in [0, 0.05) is 5.69 Å². The van der Waals surface area contributed by atoms with Crippen LogP contribution in [-0.2, 0) is 4.79 Å². The van der Waals surface area contributed by atoms with Crippen LogP contribution in [0.25, 0.3) is 11.0 Å². The number of aromatic nitrogens is 2. The van der Waals surface area contributed by atoms with Gasteiger partial charge in [0.2, 0.25) is 11.9 Å². The molecule has 0 saturated carbocycles. The Morgan fingerprint density at radius 2 is 2.31 bits per heavy atom. The van der Waals surface area contributed by atoms with Crippen LogP contribution in [0.5, 0.6) is 0 Å². The SMILES string of the molecule is CC(Nc1nc2ccc(N)cc2[nH]1)C(N)=O. The molecule has 0 aliphatic heterocycles. The number of benzene rings is 1. The topological polar surface area (TPSA) is 110 Å². The fourth-order valence-corrected chi connectivity index (χ4v) is 1.37. The van der Waals surface area contributed by atoms with E-state index in [1.165, 1.54) is 0 Å². The maximum Gasteiger partial charge on any atom is 0.239 e. The lowest BCUT2D eigenvalue weighted by molar-refractivity contribution is -0.118. The smallest absolute Gasteiger partial charge is 0.239 e. The van der Waals surface area contributed by atoms with Gasteiger partial charge in [-0.2, -0.15) is 0 Å². The molecule has 6 N–H and O–H groups in total. The van der Waals surface area contributed by atoms with E-state index in [9.17, 15) is 4.79 Å². The molecule has 0 fully saturated rings. The van der Waals surface area contributed by atoms with Gasteiger partial charge in [-0.3, -0.25) is 4.79 Å². The zero-order valence-electron chi connectivity index (χ0n) is 8.82. The molecule has 0 aliphatic carbocycles. The van der Waals surface area contributed by atoms with Crippen molar-refractivity contribution >= 4 is 28.6 Å². The molecule has 0 radical (unpaired) electrons.